The highest BCUT2D eigenvalue weighted by molar-refractivity contribution is 5.91. The van der Waals surface area contributed by atoms with Crippen LogP contribution < -0.4 is 0 Å². The van der Waals surface area contributed by atoms with Crippen LogP contribution in [0.5, 0.6) is 0 Å². The van der Waals surface area contributed by atoms with Crippen molar-refractivity contribution in [3.05, 3.63) is 42.1 Å². The molecule has 0 fully saturated rings. The second kappa shape index (κ2) is 10.2. The molecule has 3 nitrogen and oxygen atoms in total. The number of aliphatic carboxylic acids is 1. The first-order valence-electron chi connectivity index (χ1n) is 10.1. The van der Waals surface area contributed by atoms with Crippen molar-refractivity contribution in [2.24, 2.45) is 0 Å². The smallest absolute Gasteiger partial charge is 0.328 e. The maximum Gasteiger partial charge on any atom is 0.328 e. The van der Waals surface area contributed by atoms with Gasteiger partial charge in [-0.1, -0.05) is 58.4 Å². The number of allylic oxidation sites excluding steroid dienone is 1. The van der Waals surface area contributed by atoms with Crippen LogP contribution in [0.25, 0.3) is 16.5 Å². The highest BCUT2D eigenvalue weighted by Crippen LogP contribution is 2.29. The van der Waals surface area contributed by atoms with Gasteiger partial charge in [-0.05, 0) is 49.1 Å². The van der Waals surface area contributed by atoms with Crippen molar-refractivity contribution in [2.45, 2.75) is 78.2 Å². The Labute approximate surface area is 157 Å². The summed E-state index contributed by atoms with van der Waals surface area (Å²) in [5.41, 5.74) is 3.02. The van der Waals surface area contributed by atoms with Crippen LogP contribution in [0.4, 0.5) is 0 Å². The summed E-state index contributed by atoms with van der Waals surface area (Å²) in [4.78, 5) is 10.9. The van der Waals surface area contributed by atoms with Gasteiger partial charge in [0.15, 0.2) is 0 Å². The number of fused-ring (bicyclic) bond motifs is 1. The van der Waals surface area contributed by atoms with Gasteiger partial charge in [-0.25, -0.2) is 4.79 Å². The van der Waals surface area contributed by atoms with Crippen LogP contribution in [0.3, 0.4) is 0 Å². The average Bonchev–Trinajstić information content (AvgIpc) is 3.03. The molecule has 0 aliphatic rings. The zero-order valence-electron chi connectivity index (χ0n) is 16.5. The van der Waals surface area contributed by atoms with E-state index in [0.29, 0.717) is 6.04 Å². The number of carboxylic acids is 1. The van der Waals surface area contributed by atoms with Crippen LogP contribution in [-0.2, 0) is 4.79 Å². The molecule has 0 atom stereocenters. The van der Waals surface area contributed by atoms with Gasteiger partial charge in [0.1, 0.15) is 0 Å². The number of rotatable bonds is 11. The molecule has 2 aromatic rings. The second-order valence-electron chi connectivity index (χ2n) is 7.31. The molecule has 1 aromatic heterocycles. The van der Waals surface area contributed by atoms with Gasteiger partial charge in [-0.3, -0.25) is 0 Å². The van der Waals surface area contributed by atoms with Crippen molar-refractivity contribution >= 4 is 22.4 Å². The van der Waals surface area contributed by atoms with E-state index in [0.717, 1.165) is 11.1 Å². The van der Waals surface area contributed by atoms with Crippen molar-refractivity contribution in [3.8, 4) is 0 Å². The third-order valence-electron chi connectivity index (χ3n) is 5.19. The van der Waals surface area contributed by atoms with Crippen molar-refractivity contribution in [1.82, 2.24) is 4.57 Å². The number of aromatic nitrogens is 1. The predicted octanol–water partition coefficient (Wildman–Crippen LogP) is 6.83. The van der Waals surface area contributed by atoms with Crippen molar-refractivity contribution < 1.29 is 9.90 Å². The topological polar surface area (TPSA) is 42.2 Å². The highest BCUT2D eigenvalue weighted by atomic mass is 16.4. The molecule has 1 N–H and O–H groups in total. The van der Waals surface area contributed by atoms with Gasteiger partial charge in [-0.2, -0.15) is 0 Å². The van der Waals surface area contributed by atoms with Gasteiger partial charge in [0.25, 0.3) is 0 Å². The Morgan fingerprint density at radius 3 is 2.31 bits per heavy atom. The Bertz CT molecular complexity index is 732. The quantitative estimate of drug-likeness (QED) is 0.354. The van der Waals surface area contributed by atoms with E-state index >= 15 is 0 Å². The van der Waals surface area contributed by atoms with Crippen LogP contribution in [0.15, 0.2) is 36.5 Å². The van der Waals surface area contributed by atoms with E-state index < -0.39 is 5.97 Å². The maximum absolute atomic E-state index is 10.9. The molecule has 0 radical (unpaired) electrons. The lowest BCUT2D eigenvalue weighted by Gasteiger charge is -2.20. The lowest BCUT2D eigenvalue weighted by molar-refractivity contribution is -0.131. The normalized spacial score (nSPS) is 12.2. The molecule has 0 aliphatic carbocycles. The third-order valence-corrected chi connectivity index (χ3v) is 5.19. The summed E-state index contributed by atoms with van der Waals surface area (Å²) in [5, 5.41) is 10.2. The molecule has 3 heteroatoms. The lowest BCUT2D eigenvalue weighted by atomic mass is 10.0. The summed E-state index contributed by atoms with van der Waals surface area (Å²) in [6.07, 6.45) is 13.6. The van der Waals surface area contributed by atoms with Gasteiger partial charge in [0.2, 0.25) is 0 Å². The van der Waals surface area contributed by atoms with E-state index in [4.69, 9.17) is 5.11 Å². The van der Waals surface area contributed by atoms with E-state index in [1.165, 1.54) is 68.3 Å². The Morgan fingerprint density at radius 2 is 1.73 bits per heavy atom. The summed E-state index contributed by atoms with van der Waals surface area (Å²) >= 11 is 0. The number of carboxylic acid groups (broad SMARTS) is 1. The van der Waals surface area contributed by atoms with Crippen LogP contribution in [0.2, 0.25) is 0 Å². The molecule has 142 valence electrons. The number of hydrogen-bond acceptors (Lipinski definition) is 1. The largest absolute Gasteiger partial charge is 0.478 e. The first-order chi connectivity index (χ1) is 12.6. The Kier molecular flexibility index (Phi) is 7.96. The van der Waals surface area contributed by atoms with E-state index in [2.05, 4.69) is 42.8 Å². The fraction of sp³-hybridized carbons (Fsp3) is 0.522. The molecule has 0 saturated carbocycles. The fourth-order valence-corrected chi connectivity index (χ4v) is 3.68. The Hall–Kier alpha value is -2.03. The minimum Gasteiger partial charge on any atom is -0.478 e. The summed E-state index contributed by atoms with van der Waals surface area (Å²) in [5.74, 6) is -0.896. The zero-order chi connectivity index (χ0) is 18.9. The molecule has 26 heavy (non-hydrogen) atoms. The van der Waals surface area contributed by atoms with Gasteiger partial charge in [-0.15, -0.1) is 0 Å². The van der Waals surface area contributed by atoms with Crippen LogP contribution >= 0.6 is 0 Å². The summed E-state index contributed by atoms with van der Waals surface area (Å²) < 4.78 is 2.45. The highest BCUT2D eigenvalue weighted by Gasteiger charge is 2.13. The molecule has 0 saturated heterocycles. The van der Waals surface area contributed by atoms with Gasteiger partial charge in [0, 0.05) is 29.2 Å². The van der Waals surface area contributed by atoms with Gasteiger partial charge in [0.05, 0.1) is 0 Å². The van der Waals surface area contributed by atoms with E-state index in [-0.39, 0.29) is 0 Å². The van der Waals surface area contributed by atoms with Gasteiger partial charge < -0.3 is 9.67 Å². The second-order valence-corrected chi connectivity index (χ2v) is 7.31. The first-order valence-corrected chi connectivity index (χ1v) is 10.1. The van der Waals surface area contributed by atoms with Gasteiger partial charge >= 0.3 is 5.97 Å². The van der Waals surface area contributed by atoms with Crippen LogP contribution in [0.1, 0.15) is 83.7 Å². The number of hydrogen-bond donors (Lipinski definition) is 1. The molecule has 0 spiro atoms. The molecular weight excluding hydrogens is 322 g/mol. The molecule has 0 unspecified atom stereocenters. The summed E-state index contributed by atoms with van der Waals surface area (Å²) in [6.45, 7) is 6.36. The molecule has 1 heterocycles. The number of benzene rings is 1. The van der Waals surface area contributed by atoms with E-state index in [1.54, 1.807) is 0 Å². The minimum absolute atomic E-state index is 0.562. The number of unbranched alkanes of at least 4 members (excludes halogenated alkanes) is 4. The monoisotopic (exact) mass is 355 g/mol. The first kappa shape index (κ1) is 20.3. The third kappa shape index (κ3) is 5.48. The Morgan fingerprint density at radius 1 is 1.08 bits per heavy atom. The molecule has 1 aromatic carbocycles. The minimum atomic E-state index is -0.896. The molecule has 0 aliphatic heterocycles. The van der Waals surface area contributed by atoms with E-state index in [1.807, 2.05) is 13.0 Å². The van der Waals surface area contributed by atoms with Crippen LogP contribution in [0, 0.1) is 0 Å². The fourth-order valence-electron chi connectivity index (χ4n) is 3.68. The molecular formula is C23H33NO2. The SMILES string of the molecule is CCCCCC(CCCCC)n1ccc2cc(C(C)=CC(=O)O)ccc21. The maximum atomic E-state index is 10.9. The van der Waals surface area contributed by atoms with E-state index in [9.17, 15) is 4.79 Å². The van der Waals surface area contributed by atoms with Crippen LogP contribution in [-0.4, -0.2) is 15.6 Å². The predicted molar refractivity (Wildman–Crippen MR) is 111 cm³/mol. The zero-order valence-corrected chi connectivity index (χ0v) is 16.5. The molecule has 0 bridgehead atoms. The average molecular weight is 356 g/mol. The standard InChI is InChI=1S/C23H33NO2/c1-4-6-8-10-21(11-9-7-5-2)24-15-14-20-17-19(12-13-22(20)24)18(3)16-23(25)26/h12-17,21H,4-11H2,1-3H3,(H,25,26). The number of carbonyl (C=O) groups is 1. The summed E-state index contributed by atoms with van der Waals surface area (Å²) in [7, 11) is 0. The lowest BCUT2D eigenvalue weighted by Crippen LogP contribution is -2.08. The molecule has 0 amide bonds. The Balaban J connectivity index is 2.26. The molecule has 2 rings (SSSR count). The van der Waals surface area contributed by atoms with Crippen molar-refractivity contribution in [2.75, 3.05) is 0 Å². The van der Waals surface area contributed by atoms with Crippen molar-refractivity contribution in [1.29, 1.82) is 0 Å². The summed E-state index contributed by atoms with van der Waals surface area (Å²) in [6, 6.07) is 9.03. The van der Waals surface area contributed by atoms with Crippen molar-refractivity contribution in [3.63, 3.8) is 0 Å². The number of nitrogens with zero attached hydrogens (tertiary/aromatic N) is 1.